The number of nitrogens with zero attached hydrogens (tertiary/aromatic N) is 2. The predicted octanol–water partition coefficient (Wildman–Crippen LogP) is 3.73. The molecular weight excluding hydrogens is 377 g/mol. The Hall–Kier alpha value is -2.29. The number of pyridine rings is 1. The molecule has 2 aromatic rings. The topological polar surface area (TPSA) is 58.5 Å². The molecule has 5 nitrogen and oxygen atoms in total. The Balaban J connectivity index is 1.93. The van der Waals surface area contributed by atoms with E-state index in [9.17, 15) is 13.2 Å². The summed E-state index contributed by atoms with van der Waals surface area (Å²) in [5.41, 5.74) is 0.434. The fourth-order valence-corrected chi connectivity index (χ4v) is 3.15. The van der Waals surface area contributed by atoms with Crippen molar-refractivity contribution in [2.45, 2.75) is 32.0 Å². The van der Waals surface area contributed by atoms with E-state index in [1.165, 1.54) is 11.1 Å². The Morgan fingerprint density at radius 1 is 1.22 bits per heavy atom. The van der Waals surface area contributed by atoms with Gasteiger partial charge in [-0.3, -0.25) is 4.99 Å². The summed E-state index contributed by atoms with van der Waals surface area (Å²) in [6.45, 7) is 3.77. The average molecular weight is 400 g/mol. The van der Waals surface area contributed by atoms with Crippen LogP contribution in [0.5, 0.6) is 5.88 Å². The highest BCUT2D eigenvalue weighted by molar-refractivity contribution is 7.10. The molecule has 2 N–H and O–H groups in total. The Bertz CT molecular complexity index is 745. The Morgan fingerprint density at radius 2 is 2.00 bits per heavy atom. The van der Waals surface area contributed by atoms with Crippen molar-refractivity contribution < 1.29 is 17.9 Å². The fourth-order valence-electron chi connectivity index (χ4n) is 2.29. The average Bonchev–Trinajstić information content (AvgIpc) is 3.16. The molecule has 2 aromatic heterocycles. The molecule has 0 aliphatic rings. The molecule has 9 heteroatoms. The molecule has 0 saturated heterocycles. The van der Waals surface area contributed by atoms with E-state index in [0.29, 0.717) is 18.1 Å². The number of alkyl halides is 3. The van der Waals surface area contributed by atoms with Gasteiger partial charge in [0.05, 0.1) is 0 Å². The zero-order valence-corrected chi connectivity index (χ0v) is 16.2. The molecule has 0 radical (unpaired) electrons. The summed E-state index contributed by atoms with van der Waals surface area (Å²) in [4.78, 5) is 9.29. The van der Waals surface area contributed by atoms with Crippen molar-refractivity contribution >= 4 is 17.3 Å². The molecular formula is C18H23F3N4OS. The maximum atomic E-state index is 12.4. The van der Waals surface area contributed by atoms with Gasteiger partial charge in [0.1, 0.15) is 0 Å². The van der Waals surface area contributed by atoms with Crippen molar-refractivity contribution in [1.29, 1.82) is 0 Å². The van der Waals surface area contributed by atoms with E-state index in [-0.39, 0.29) is 17.8 Å². The van der Waals surface area contributed by atoms with Crippen LogP contribution in [-0.4, -0.2) is 37.3 Å². The zero-order chi connectivity index (χ0) is 19.9. The smallest absolute Gasteiger partial charge is 0.422 e. The first-order valence-corrected chi connectivity index (χ1v) is 9.21. The number of aromatic nitrogens is 1. The van der Waals surface area contributed by atoms with E-state index in [4.69, 9.17) is 4.74 Å². The predicted molar refractivity (Wildman–Crippen MR) is 101 cm³/mol. The van der Waals surface area contributed by atoms with Gasteiger partial charge in [-0.1, -0.05) is 26.0 Å². The number of thiophene rings is 1. The number of halogens is 3. The molecule has 0 aliphatic heterocycles. The van der Waals surface area contributed by atoms with Crippen molar-refractivity contribution in [3.8, 4) is 5.88 Å². The van der Waals surface area contributed by atoms with E-state index in [1.54, 1.807) is 30.5 Å². The van der Waals surface area contributed by atoms with Crippen LogP contribution in [0.2, 0.25) is 0 Å². The number of hydrogen-bond acceptors (Lipinski definition) is 4. The second-order valence-corrected chi connectivity index (χ2v) is 7.46. The molecule has 27 heavy (non-hydrogen) atoms. The van der Waals surface area contributed by atoms with Crippen molar-refractivity contribution in [2.24, 2.45) is 4.99 Å². The zero-order valence-electron chi connectivity index (χ0n) is 15.4. The van der Waals surface area contributed by atoms with Crippen molar-refractivity contribution in [3.05, 3.63) is 46.3 Å². The van der Waals surface area contributed by atoms with Crippen LogP contribution in [0.15, 0.2) is 40.8 Å². The minimum absolute atomic E-state index is 0.0447. The van der Waals surface area contributed by atoms with E-state index >= 15 is 0 Å². The quantitative estimate of drug-likeness (QED) is 0.549. The van der Waals surface area contributed by atoms with Crippen molar-refractivity contribution in [2.75, 3.05) is 20.2 Å². The normalized spacial score (nSPS) is 12.7. The first-order valence-electron chi connectivity index (χ1n) is 8.33. The lowest BCUT2D eigenvalue weighted by molar-refractivity contribution is -0.154. The molecule has 0 bridgehead atoms. The molecule has 0 fully saturated rings. The number of rotatable bonds is 7. The van der Waals surface area contributed by atoms with Gasteiger partial charge in [0.15, 0.2) is 12.6 Å². The van der Waals surface area contributed by atoms with Gasteiger partial charge in [0, 0.05) is 42.2 Å². The van der Waals surface area contributed by atoms with Crippen LogP contribution in [0.3, 0.4) is 0 Å². The van der Waals surface area contributed by atoms with Gasteiger partial charge >= 0.3 is 6.18 Å². The monoisotopic (exact) mass is 400 g/mol. The molecule has 0 spiro atoms. The summed E-state index contributed by atoms with van der Waals surface area (Å²) in [6, 6.07) is 7.41. The highest BCUT2D eigenvalue weighted by Gasteiger charge is 2.29. The summed E-state index contributed by atoms with van der Waals surface area (Å²) in [5, 5.41) is 8.37. The largest absolute Gasteiger partial charge is 0.468 e. The number of ether oxygens (including phenoxy) is 1. The fraction of sp³-hybridized carbons (Fsp3) is 0.444. The maximum Gasteiger partial charge on any atom is 0.422 e. The molecule has 0 aromatic carbocycles. The van der Waals surface area contributed by atoms with Crippen molar-refractivity contribution in [1.82, 2.24) is 15.6 Å². The molecule has 148 valence electrons. The molecule has 0 saturated carbocycles. The second kappa shape index (κ2) is 9.07. The summed E-state index contributed by atoms with van der Waals surface area (Å²) in [6.07, 6.45) is -3.01. The van der Waals surface area contributed by atoms with Crippen LogP contribution in [0.25, 0.3) is 0 Å². The number of guanidine groups is 1. The van der Waals surface area contributed by atoms with Gasteiger partial charge in [-0.05, 0) is 17.5 Å². The van der Waals surface area contributed by atoms with Crippen LogP contribution in [0.1, 0.15) is 24.3 Å². The molecule has 2 heterocycles. The van der Waals surface area contributed by atoms with E-state index in [2.05, 4.69) is 40.5 Å². The van der Waals surface area contributed by atoms with Crippen LogP contribution in [-0.2, 0) is 12.0 Å². The van der Waals surface area contributed by atoms with Crippen molar-refractivity contribution in [3.63, 3.8) is 0 Å². The van der Waals surface area contributed by atoms with Crippen LogP contribution in [0.4, 0.5) is 13.2 Å². The number of aliphatic imine (C=N–C) groups is 1. The minimum atomic E-state index is -4.41. The van der Waals surface area contributed by atoms with E-state index in [0.717, 1.165) is 0 Å². The SMILES string of the molecule is CN=C(NCc1cccnc1OCC(F)(F)F)NCC(C)(C)c1cccs1. The first-order chi connectivity index (χ1) is 12.7. The lowest BCUT2D eigenvalue weighted by Crippen LogP contribution is -2.43. The Kier molecular flexibility index (Phi) is 7.06. The maximum absolute atomic E-state index is 12.4. The lowest BCUT2D eigenvalue weighted by atomic mass is 9.91. The Labute approximate surface area is 160 Å². The van der Waals surface area contributed by atoms with Crippen LogP contribution in [0, 0.1) is 0 Å². The number of hydrogen-bond donors (Lipinski definition) is 2. The van der Waals surface area contributed by atoms with Gasteiger partial charge in [0.2, 0.25) is 5.88 Å². The summed E-state index contributed by atoms with van der Waals surface area (Å²) in [7, 11) is 1.64. The molecule has 0 unspecified atom stereocenters. The van der Waals surface area contributed by atoms with Crippen LogP contribution >= 0.6 is 11.3 Å². The Morgan fingerprint density at radius 3 is 2.63 bits per heavy atom. The third-order valence-corrected chi connectivity index (χ3v) is 5.01. The summed E-state index contributed by atoms with van der Waals surface area (Å²) < 4.78 is 41.9. The highest BCUT2D eigenvalue weighted by atomic mass is 32.1. The van der Waals surface area contributed by atoms with E-state index < -0.39 is 12.8 Å². The third-order valence-electron chi connectivity index (χ3n) is 3.78. The van der Waals surface area contributed by atoms with Crippen LogP contribution < -0.4 is 15.4 Å². The standard InChI is InChI=1S/C18H23F3N4OS/c1-17(2,14-7-5-9-27-14)11-25-16(22-3)24-10-13-6-4-8-23-15(13)26-12-18(19,20)21/h4-9H,10-12H2,1-3H3,(H2,22,24,25). The van der Waals surface area contributed by atoms with Gasteiger partial charge in [-0.2, -0.15) is 13.2 Å². The summed E-state index contributed by atoms with van der Waals surface area (Å²) >= 11 is 1.69. The minimum Gasteiger partial charge on any atom is -0.468 e. The lowest BCUT2D eigenvalue weighted by Gasteiger charge is -2.25. The molecule has 2 rings (SSSR count). The van der Waals surface area contributed by atoms with Gasteiger partial charge in [-0.15, -0.1) is 11.3 Å². The second-order valence-electron chi connectivity index (χ2n) is 6.51. The number of nitrogens with one attached hydrogen (secondary N) is 2. The first kappa shape index (κ1) is 21.0. The highest BCUT2D eigenvalue weighted by Crippen LogP contribution is 2.26. The van der Waals surface area contributed by atoms with Gasteiger partial charge < -0.3 is 15.4 Å². The van der Waals surface area contributed by atoms with E-state index in [1.807, 2.05) is 11.4 Å². The molecule has 0 atom stereocenters. The van der Waals surface area contributed by atoms with Gasteiger partial charge in [0.25, 0.3) is 0 Å². The summed E-state index contributed by atoms with van der Waals surface area (Å²) in [5.74, 6) is 0.502. The molecule has 0 amide bonds. The third kappa shape index (κ3) is 6.74. The molecule has 0 aliphatic carbocycles. The van der Waals surface area contributed by atoms with Gasteiger partial charge in [-0.25, -0.2) is 4.98 Å².